The van der Waals surface area contributed by atoms with Crippen LogP contribution in [0.4, 0.5) is 4.39 Å². The molecule has 2 aromatic rings. The highest BCUT2D eigenvalue weighted by Gasteiger charge is 2.23. The van der Waals surface area contributed by atoms with Crippen LogP contribution in [0, 0.1) is 5.82 Å². The number of nitrogens with one attached hydrogen (secondary N) is 3. The Morgan fingerprint density at radius 2 is 1.87 bits per heavy atom. The molecule has 0 atom stereocenters. The SMILES string of the molecule is CN=C(NCCc1ccc(OCC(=O)NC2CC2)cc1)NCc1ccccc1F.I. The van der Waals surface area contributed by atoms with Gasteiger partial charge < -0.3 is 20.7 Å². The second-order valence-electron chi connectivity index (χ2n) is 6.97. The van der Waals surface area contributed by atoms with E-state index >= 15 is 0 Å². The number of carbonyl (C=O) groups is 1. The van der Waals surface area contributed by atoms with Gasteiger partial charge in [-0.25, -0.2) is 4.39 Å². The first-order valence-corrected chi connectivity index (χ1v) is 9.83. The highest BCUT2D eigenvalue weighted by Crippen LogP contribution is 2.18. The van der Waals surface area contributed by atoms with E-state index in [1.165, 1.54) is 6.07 Å². The predicted molar refractivity (Wildman–Crippen MR) is 127 cm³/mol. The van der Waals surface area contributed by atoms with Gasteiger partial charge in [-0.05, 0) is 43.0 Å². The number of guanidine groups is 1. The third-order valence-corrected chi connectivity index (χ3v) is 4.57. The molecule has 6 nitrogen and oxygen atoms in total. The van der Waals surface area contributed by atoms with Crippen LogP contribution in [0.25, 0.3) is 0 Å². The van der Waals surface area contributed by atoms with E-state index in [1.54, 1.807) is 19.2 Å². The number of ether oxygens (including phenoxy) is 1. The Hall–Kier alpha value is -2.36. The molecule has 0 spiro atoms. The van der Waals surface area contributed by atoms with Gasteiger partial charge in [0, 0.05) is 31.7 Å². The molecule has 8 heteroatoms. The van der Waals surface area contributed by atoms with Crippen molar-refractivity contribution >= 4 is 35.8 Å². The molecule has 0 aliphatic heterocycles. The van der Waals surface area contributed by atoms with E-state index in [2.05, 4.69) is 20.9 Å². The minimum atomic E-state index is -0.234. The summed E-state index contributed by atoms with van der Waals surface area (Å²) < 4.78 is 19.2. The van der Waals surface area contributed by atoms with E-state index in [-0.39, 0.29) is 42.3 Å². The maximum atomic E-state index is 13.7. The third-order valence-electron chi connectivity index (χ3n) is 4.57. The van der Waals surface area contributed by atoms with Gasteiger partial charge in [0.25, 0.3) is 5.91 Å². The van der Waals surface area contributed by atoms with Gasteiger partial charge in [-0.15, -0.1) is 24.0 Å². The molecular weight excluding hydrogens is 498 g/mol. The van der Waals surface area contributed by atoms with Crippen molar-refractivity contribution in [3.05, 3.63) is 65.5 Å². The van der Waals surface area contributed by atoms with Gasteiger partial charge in [0.2, 0.25) is 0 Å². The monoisotopic (exact) mass is 526 g/mol. The van der Waals surface area contributed by atoms with Crippen molar-refractivity contribution in [1.29, 1.82) is 0 Å². The number of benzene rings is 2. The first-order valence-electron chi connectivity index (χ1n) is 9.83. The second-order valence-corrected chi connectivity index (χ2v) is 6.97. The molecule has 1 saturated carbocycles. The summed E-state index contributed by atoms with van der Waals surface area (Å²) in [6.07, 6.45) is 2.93. The topological polar surface area (TPSA) is 74.8 Å². The summed E-state index contributed by atoms with van der Waals surface area (Å²) in [5.74, 6) is 0.989. The quantitative estimate of drug-likeness (QED) is 0.267. The molecule has 0 bridgehead atoms. The van der Waals surface area contributed by atoms with Crippen molar-refractivity contribution in [3.8, 4) is 5.75 Å². The van der Waals surface area contributed by atoms with Gasteiger partial charge in [-0.3, -0.25) is 9.79 Å². The normalized spacial score (nSPS) is 13.2. The van der Waals surface area contributed by atoms with Crippen LogP contribution < -0.4 is 20.7 Å². The predicted octanol–water partition coefficient (Wildman–Crippen LogP) is 3.01. The number of aliphatic imine (C=N–C) groups is 1. The molecule has 30 heavy (non-hydrogen) atoms. The van der Waals surface area contributed by atoms with Gasteiger partial charge in [0.15, 0.2) is 12.6 Å². The number of hydrogen-bond acceptors (Lipinski definition) is 3. The lowest BCUT2D eigenvalue weighted by atomic mass is 10.1. The zero-order chi connectivity index (χ0) is 20.5. The Labute approximate surface area is 193 Å². The van der Waals surface area contributed by atoms with E-state index in [1.807, 2.05) is 30.3 Å². The fourth-order valence-electron chi connectivity index (χ4n) is 2.76. The standard InChI is InChI=1S/C22H27FN4O2.HI/c1-24-22(26-14-17-4-2-3-5-20(17)23)25-13-12-16-6-10-19(11-7-16)29-15-21(28)27-18-8-9-18;/h2-7,10-11,18H,8-9,12-15H2,1H3,(H,27,28)(H2,24,25,26);1H. The summed E-state index contributed by atoms with van der Waals surface area (Å²) in [7, 11) is 1.68. The molecule has 0 radical (unpaired) electrons. The lowest BCUT2D eigenvalue weighted by Gasteiger charge is -2.12. The molecule has 1 fully saturated rings. The zero-order valence-electron chi connectivity index (χ0n) is 17.0. The molecule has 0 heterocycles. The number of hydrogen-bond donors (Lipinski definition) is 3. The van der Waals surface area contributed by atoms with Crippen LogP contribution in [0.5, 0.6) is 5.75 Å². The van der Waals surface area contributed by atoms with E-state index in [9.17, 15) is 9.18 Å². The number of nitrogens with zero attached hydrogens (tertiary/aromatic N) is 1. The van der Waals surface area contributed by atoms with E-state index in [0.29, 0.717) is 36.4 Å². The Morgan fingerprint density at radius 1 is 1.13 bits per heavy atom. The number of carbonyl (C=O) groups excluding carboxylic acids is 1. The second kappa shape index (κ2) is 12.4. The Balaban J connectivity index is 0.00000320. The summed E-state index contributed by atoms with van der Waals surface area (Å²) in [4.78, 5) is 15.8. The summed E-state index contributed by atoms with van der Waals surface area (Å²) in [6.45, 7) is 1.09. The summed E-state index contributed by atoms with van der Waals surface area (Å²) >= 11 is 0. The summed E-state index contributed by atoms with van der Waals surface area (Å²) in [5.41, 5.74) is 1.73. The van der Waals surface area contributed by atoms with Crippen LogP contribution in [0.15, 0.2) is 53.5 Å². The maximum Gasteiger partial charge on any atom is 0.258 e. The third kappa shape index (κ3) is 8.17. The van der Waals surface area contributed by atoms with Crippen LogP contribution >= 0.6 is 24.0 Å². The largest absolute Gasteiger partial charge is 0.484 e. The number of amides is 1. The smallest absolute Gasteiger partial charge is 0.258 e. The average molecular weight is 526 g/mol. The van der Waals surface area contributed by atoms with Crippen LogP contribution in [-0.2, 0) is 17.8 Å². The highest BCUT2D eigenvalue weighted by atomic mass is 127. The Morgan fingerprint density at radius 3 is 2.53 bits per heavy atom. The summed E-state index contributed by atoms with van der Waals surface area (Å²) in [5, 5.41) is 9.22. The van der Waals surface area contributed by atoms with E-state index < -0.39 is 0 Å². The van der Waals surface area contributed by atoms with Crippen molar-refractivity contribution in [3.63, 3.8) is 0 Å². The minimum absolute atomic E-state index is 0. The lowest BCUT2D eigenvalue weighted by molar-refractivity contribution is -0.123. The molecule has 3 rings (SSSR count). The highest BCUT2D eigenvalue weighted by molar-refractivity contribution is 14.0. The van der Waals surface area contributed by atoms with Crippen LogP contribution in [0.1, 0.15) is 24.0 Å². The fraction of sp³-hybridized carbons (Fsp3) is 0.364. The van der Waals surface area contributed by atoms with Gasteiger partial charge in [0.05, 0.1) is 0 Å². The lowest BCUT2D eigenvalue weighted by Crippen LogP contribution is -2.38. The molecule has 2 aromatic carbocycles. The number of rotatable bonds is 9. The maximum absolute atomic E-state index is 13.7. The van der Waals surface area contributed by atoms with Crippen molar-refractivity contribution < 1.29 is 13.9 Å². The van der Waals surface area contributed by atoms with E-state index in [0.717, 1.165) is 24.8 Å². The van der Waals surface area contributed by atoms with Crippen LogP contribution in [-0.4, -0.2) is 38.1 Å². The summed E-state index contributed by atoms with van der Waals surface area (Å²) in [6, 6.07) is 14.7. The van der Waals surface area contributed by atoms with Gasteiger partial charge in [-0.1, -0.05) is 30.3 Å². The molecule has 0 aromatic heterocycles. The zero-order valence-corrected chi connectivity index (χ0v) is 19.3. The number of halogens is 2. The average Bonchev–Trinajstić information content (AvgIpc) is 3.55. The van der Waals surface area contributed by atoms with Gasteiger partial charge in [-0.2, -0.15) is 0 Å². The van der Waals surface area contributed by atoms with Crippen LogP contribution in [0.3, 0.4) is 0 Å². The molecule has 162 valence electrons. The molecule has 1 amide bonds. The first kappa shape index (κ1) is 23.9. The molecule has 1 aliphatic rings. The minimum Gasteiger partial charge on any atom is -0.484 e. The van der Waals surface area contributed by atoms with Crippen molar-refractivity contribution in [1.82, 2.24) is 16.0 Å². The Kier molecular flexibility index (Phi) is 9.85. The van der Waals surface area contributed by atoms with Gasteiger partial charge in [0.1, 0.15) is 11.6 Å². The first-order chi connectivity index (χ1) is 14.1. The van der Waals surface area contributed by atoms with Crippen molar-refractivity contribution in [2.45, 2.75) is 31.8 Å². The van der Waals surface area contributed by atoms with Crippen molar-refractivity contribution in [2.75, 3.05) is 20.2 Å². The van der Waals surface area contributed by atoms with Crippen LogP contribution in [0.2, 0.25) is 0 Å². The fourth-order valence-corrected chi connectivity index (χ4v) is 2.76. The van der Waals surface area contributed by atoms with E-state index in [4.69, 9.17) is 4.74 Å². The van der Waals surface area contributed by atoms with Gasteiger partial charge >= 0.3 is 0 Å². The molecule has 1 aliphatic carbocycles. The Bertz CT molecular complexity index is 841. The molecule has 3 N–H and O–H groups in total. The van der Waals surface area contributed by atoms with Crippen molar-refractivity contribution in [2.24, 2.45) is 4.99 Å². The molecule has 0 saturated heterocycles. The molecular formula is C22H28FIN4O2. The molecule has 0 unspecified atom stereocenters.